The number of fused-ring (bicyclic) bond motifs is 3. The monoisotopic (exact) mass is 432 g/mol. The number of anilines is 2. The van der Waals surface area contributed by atoms with E-state index in [2.05, 4.69) is 10.3 Å². The van der Waals surface area contributed by atoms with Crippen LogP contribution in [-0.2, 0) is 0 Å². The normalized spacial score (nSPS) is 21.2. The third kappa shape index (κ3) is 3.20. The van der Waals surface area contributed by atoms with Crippen LogP contribution in [0.4, 0.5) is 20.6 Å². The molecule has 2 aliphatic rings. The highest BCUT2D eigenvalue weighted by Gasteiger charge is 2.55. The summed E-state index contributed by atoms with van der Waals surface area (Å²) in [7, 11) is 0. The number of carbonyl (C=O) groups is 2. The number of para-hydroxylation sites is 2. The van der Waals surface area contributed by atoms with Gasteiger partial charge in [0.25, 0.3) is 5.91 Å². The molecule has 1 saturated heterocycles. The molecule has 7 nitrogen and oxygen atoms in total. The molecule has 5 rings (SSSR count). The number of rotatable bonds is 3. The van der Waals surface area contributed by atoms with Gasteiger partial charge in [-0.3, -0.25) is 9.78 Å². The minimum atomic E-state index is -0.542. The van der Waals surface area contributed by atoms with E-state index in [1.54, 1.807) is 41.4 Å². The van der Waals surface area contributed by atoms with Gasteiger partial charge in [0.15, 0.2) is 0 Å². The van der Waals surface area contributed by atoms with Gasteiger partial charge < -0.3 is 20.2 Å². The quantitative estimate of drug-likeness (QED) is 0.665. The van der Waals surface area contributed by atoms with E-state index < -0.39 is 17.9 Å². The number of urea groups is 1. The highest BCUT2D eigenvalue weighted by molar-refractivity contribution is 6.06. The van der Waals surface area contributed by atoms with Gasteiger partial charge >= 0.3 is 6.03 Å². The lowest BCUT2D eigenvalue weighted by Crippen LogP contribution is -2.71. The van der Waals surface area contributed by atoms with Gasteiger partial charge in [0, 0.05) is 24.3 Å². The standard InChI is InChI=1S/C24H21FN4O3/c25-16-8-2-3-9-17(16)27-24(32)29-20-13-28(23(31)18-10-5-6-12-26-18)19-11-4-1-7-15(19)22(20)21(29)14-30/h1-12,20-22,30H,13-14H2,(H,27,32)/t20-,21-,22+/m1/s1. The van der Waals surface area contributed by atoms with Crippen LogP contribution in [0.3, 0.4) is 0 Å². The van der Waals surface area contributed by atoms with E-state index in [9.17, 15) is 19.1 Å². The lowest BCUT2D eigenvalue weighted by atomic mass is 9.72. The summed E-state index contributed by atoms with van der Waals surface area (Å²) < 4.78 is 14.1. The molecule has 0 saturated carbocycles. The second-order valence-electron chi connectivity index (χ2n) is 7.85. The number of aliphatic hydroxyl groups excluding tert-OH is 1. The molecule has 2 N–H and O–H groups in total. The Morgan fingerprint density at radius 2 is 1.81 bits per heavy atom. The molecule has 3 aromatic rings. The minimum absolute atomic E-state index is 0.0651. The molecule has 162 valence electrons. The average Bonchev–Trinajstić information content (AvgIpc) is 2.81. The van der Waals surface area contributed by atoms with Crippen LogP contribution >= 0.6 is 0 Å². The lowest BCUT2D eigenvalue weighted by Gasteiger charge is -2.58. The highest BCUT2D eigenvalue weighted by atomic mass is 19.1. The van der Waals surface area contributed by atoms with Crippen molar-refractivity contribution in [3.8, 4) is 0 Å². The van der Waals surface area contributed by atoms with Crippen molar-refractivity contribution in [2.45, 2.75) is 18.0 Å². The number of likely N-dealkylation sites (tertiary alicyclic amines) is 1. The zero-order valence-corrected chi connectivity index (χ0v) is 17.1. The smallest absolute Gasteiger partial charge is 0.322 e. The van der Waals surface area contributed by atoms with Crippen LogP contribution in [0, 0.1) is 5.82 Å². The Bertz CT molecular complexity index is 1170. The van der Waals surface area contributed by atoms with Crippen molar-refractivity contribution in [2.75, 3.05) is 23.4 Å². The van der Waals surface area contributed by atoms with E-state index in [0.717, 1.165) is 11.3 Å². The van der Waals surface area contributed by atoms with E-state index in [1.807, 2.05) is 24.3 Å². The predicted octanol–water partition coefficient (Wildman–Crippen LogP) is 3.24. The van der Waals surface area contributed by atoms with Crippen LogP contribution in [-0.4, -0.2) is 52.2 Å². The minimum Gasteiger partial charge on any atom is -0.394 e. The van der Waals surface area contributed by atoms with Gasteiger partial charge in [-0.15, -0.1) is 0 Å². The first-order chi connectivity index (χ1) is 15.6. The van der Waals surface area contributed by atoms with Crippen molar-refractivity contribution >= 4 is 23.3 Å². The Balaban J connectivity index is 1.48. The van der Waals surface area contributed by atoms with Gasteiger partial charge in [0.1, 0.15) is 11.5 Å². The largest absolute Gasteiger partial charge is 0.394 e. The predicted molar refractivity (Wildman–Crippen MR) is 117 cm³/mol. The number of aliphatic hydroxyl groups is 1. The Labute approximate surface area is 184 Å². The lowest BCUT2D eigenvalue weighted by molar-refractivity contribution is -0.00269. The molecule has 0 spiro atoms. The van der Waals surface area contributed by atoms with Crippen molar-refractivity contribution in [2.24, 2.45) is 0 Å². The fourth-order valence-electron chi connectivity index (χ4n) is 4.73. The first-order valence-corrected chi connectivity index (χ1v) is 10.4. The first kappa shape index (κ1) is 20.1. The topological polar surface area (TPSA) is 85.8 Å². The maximum atomic E-state index is 14.1. The summed E-state index contributed by atoms with van der Waals surface area (Å²) >= 11 is 0. The second-order valence-corrected chi connectivity index (χ2v) is 7.85. The average molecular weight is 432 g/mol. The molecule has 2 aliphatic heterocycles. The number of carbonyl (C=O) groups excluding carboxylic acids is 2. The van der Waals surface area contributed by atoms with Crippen LogP contribution in [0.1, 0.15) is 22.0 Å². The van der Waals surface area contributed by atoms with Gasteiger partial charge in [-0.05, 0) is 35.9 Å². The second kappa shape index (κ2) is 8.05. The number of nitrogens with one attached hydrogen (secondary N) is 1. The van der Waals surface area contributed by atoms with Crippen molar-refractivity contribution in [1.82, 2.24) is 9.88 Å². The third-order valence-corrected chi connectivity index (χ3v) is 6.17. The number of amides is 3. The highest BCUT2D eigenvalue weighted by Crippen LogP contribution is 2.48. The molecule has 0 unspecified atom stereocenters. The Kier molecular flexibility index (Phi) is 5.07. The number of halogens is 1. The summed E-state index contributed by atoms with van der Waals surface area (Å²) in [6.45, 7) is 0.00661. The van der Waals surface area contributed by atoms with E-state index in [-0.39, 0.29) is 36.7 Å². The van der Waals surface area contributed by atoms with E-state index in [0.29, 0.717) is 5.69 Å². The Morgan fingerprint density at radius 1 is 1.06 bits per heavy atom. The molecule has 0 radical (unpaired) electrons. The maximum Gasteiger partial charge on any atom is 0.322 e. The number of aromatic nitrogens is 1. The first-order valence-electron chi connectivity index (χ1n) is 10.4. The number of nitrogens with zero attached hydrogens (tertiary/aromatic N) is 3. The number of hydrogen-bond acceptors (Lipinski definition) is 4. The van der Waals surface area contributed by atoms with E-state index >= 15 is 0 Å². The Morgan fingerprint density at radius 3 is 2.56 bits per heavy atom. The molecule has 8 heteroatoms. The van der Waals surface area contributed by atoms with Crippen LogP contribution in [0.2, 0.25) is 0 Å². The summed E-state index contributed by atoms with van der Waals surface area (Å²) in [4.78, 5) is 33.6. The van der Waals surface area contributed by atoms with Crippen LogP contribution in [0.15, 0.2) is 72.9 Å². The molecular formula is C24H21FN4O3. The number of hydrogen-bond donors (Lipinski definition) is 2. The molecule has 1 aromatic heterocycles. The van der Waals surface area contributed by atoms with Crippen molar-refractivity contribution in [1.29, 1.82) is 0 Å². The summed E-state index contributed by atoms with van der Waals surface area (Å²) in [6.07, 6.45) is 1.56. The summed E-state index contributed by atoms with van der Waals surface area (Å²) in [5, 5.41) is 12.7. The molecule has 3 heterocycles. The van der Waals surface area contributed by atoms with Gasteiger partial charge in [0.2, 0.25) is 0 Å². The fourth-order valence-corrected chi connectivity index (χ4v) is 4.73. The zero-order valence-electron chi connectivity index (χ0n) is 17.1. The van der Waals surface area contributed by atoms with Gasteiger partial charge in [-0.2, -0.15) is 0 Å². The van der Waals surface area contributed by atoms with Crippen LogP contribution in [0.5, 0.6) is 0 Å². The summed E-state index contributed by atoms with van der Waals surface area (Å²) in [5.74, 6) is -0.937. The van der Waals surface area contributed by atoms with Crippen molar-refractivity contribution in [3.05, 3.63) is 90.0 Å². The van der Waals surface area contributed by atoms with Crippen LogP contribution < -0.4 is 10.2 Å². The molecular weight excluding hydrogens is 411 g/mol. The summed E-state index contributed by atoms with van der Waals surface area (Å²) in [5.41, 5.74) is 2.01. The van der Waals surface area contributed by atoms with Gasteiger partial charge in [-0.1, -0.05) is 36.4 Å². The molecule has 0 bridgehead atoms. The van der Waals surface area contributed by atoms with Crippen LogP contribution in [0.25, 0.3) is 0 Å². The van der Waals surface area contributed by atoms with Crippen molar-refractivity contribution in [3.63, 3.8) is 0 Å². The van der Waals surface area contributed by atoms with E-state index in [4.69, 9.17) is 0 Å². The Hall–Kier alpha value is -3.78. The molecule has 3 atom stereocenters. The molecule has 3 amide bonds. The van der Waals surface area contributed by atoms with E-state index in [1.165, 1.54) is 17.0 Å². The third-order valence-electron chi connectivity index (χ3n) is 6.17. The SMILES string of the molecule is O=C(c1ccccn1)N1C[C@@H]2[C@H](c3ccccc31)[C@@H](CO)N2C(=O)Nc1ccccc1F. The van der Waals surface area contributed by atoms with Crippen molar-refractivity contribution < 1.29 is 19.1 Å². The molecule has 0 aliphatic carbocycles. The maximum absolute atomic E-state index is 14.1. The molecule has 1 fully saturated rings. The molecule has 2 aromatic carbocycles. The molecule has 32 heavy (non-hydrogen) atoms. The zero-order chi connectivity index (χ0) is 22.2. The van der Waals surface area contributed by atoms with Gasteiger partial charge in [0.05, 0.1) is 24.4 Å². The number of benzene rings is 2. The summed E-state index contributed by atoms with van der Waals surface area (Å²) in [6, 6.07) is 17.2. The number of pyridine rings is 1. The van der Waals surface area contributed by atoms with Gasteiger partial charge in [-0.25, -0.2) is 9.18 Å². The fraction of sp³-hybridized carbons (Fsp3) is 0.208.